The molecule has 0 atom stereocenters. The molecule has 22 heavy (non-hydrogen) atoms. The molecule has 0 unspecified atom stereocenters. The van der Waals surface area contributed by atoms with E-state index in [0.717, 1.165) is 28.5 Å². The number of thiazole rings is 1. The Morgan fingerprint density at radius 2 is 2.00 bits per heavy atom. The second-order valence-electron chi connectivity index (χ2n) is 5.47. The average Bonchev–Trinajstić information content (AvgIpc) is 3.11. The number of rotatable bonds is 4. The Morgan fingerprint density at radius 3 is 2.64 bits per heavy atom. The van der Waals surface area contributed by atoms with Gasteiger partial charge < -0.3 is 8.98 Å². The summed E-state index contributed by atoms with van der Waals surface area (Å²) in [5.41, 5.74) is 1.76. The molecule has 0 amide bonds. The fraction of sp³-hybridized carbons (Fsp3) is 0.235. The summed E-state index contributed by atoms with van der Waals surface area (Å²) in [6.07, 6.45) is 1.67. The van der Waals surface area contributed by atoms with Gasteiger partial charge in [0.25, 0.3) is 0 Å². The van der Waals surface area contributed by atoms with Crippen LogP contribution in [0.5, 0.6) is 0 Å². The van der Waals surface area contributed by atoms with E-state index in [0.29, 0.717) is 5.92 Å². The number of nitrogens with zero attached hydrogens (tertiary/aromatic N) is 2. The van der Waals surface area contributed by atoms with E-state index in [1.807, 2.05) is 17.5 Å². The van der Waals surface area contributed by atoms with Crippen molar-refractivity contribution in [3.05, 3.63) is 58.7 Å². The minimum absolute atomic E-state index is 0.253. The number of benzene rings is 1. The van der Waals surface area contributed by atoms with Crippen LogP contribution >= 0.6 is 11.3 Å². The lowest BCUT2D eigenvalue weighted by molar-refractivity contribution is 0.507. The van der Waals surface area contributed by atoms with E-state index in [4.69, 9.17) is 4.42 Å². The monoisotopic (exact) mass is 316 g/mol. The van der Waals surface area contributed by atoms with Gasteiger partial charge in [-0.3, -0.25) is 0 Å². The molecule has 0 fully saturated rings. The summed E-state index contributed by atoms with van der Waals surface area (Å²) in [6, 6.07) is 10.0. The molecule has 0 saturated carbocycles. The SMILES string of the molecule is CC(C)Cn1c(-c2ccco2)csc1=Nc1ccc(F)cc1. The van der Waals surface area contributed by atoms with Crippen molar-refractivity contribution >= 4 is 17.0 Å². The fourth-order valence-electron chi connectivity index (χ4n) is 2.21. The molecule has 0 bridgehead atoms. The summed E-state index contributed by atoms with van der Waals surface area (Å²) in [5, 5.41) is 2.05. The molecule has 0 N–H and O–H groups in total. The van der Waals surface area contributed by atoms with E-state index in [-0.39, 0.29) is 5.82 Å². The van der Waals surface area contributed by atoms with Crippen molar-refractivity contribution in [3.8, 4) is 11.5 Å². The molecule has 0 spiro atoms. The predicted molar refractivity (Wildman–Crippen MR) is 86.5 cm³/mol. The first-order valence-corrected chi connectivity index (χ1v) is 8.04. The first-order valence-electron chi connectivity index (χ1n) is 7.16. The molecule has 0 aliphatic carbocycles. The molecule has 114 valence electrons. The highest BCUT2D eigenvalue weighted by molar-refractivity contribution is 7.07. The summed E-state index contributed by atoms with van der Waals surface area (Å²) in [5.74, 6) is 1.06. The highest BCUT2D eigenvalue weighted by Gasteiger charge is 2.11. The largest absolute Gasteiger partial charge is 0.463 e. The van der Waals surface area contributed by atoms with Gasteiger partial charge in [0.05, 0.1) is 17.6 Å². The normalized spacial score (nSPS) is 12.3. The van der Waals surface area contributed by atoms with E-state index < -0.39 is 0 Å². The van der Waals surface area contributed by atoms with Crippen molar-refractivity contribution in [1.29, 1.82) is 0 Å². The zero-order valence-electron chi connectivity index (χ0n) is 12.5. The predicted octanol–water partition coefficient (Wildman–Crippen LogP) is 4.84. The summed E-state index contributed by atoms with van der Waals surface area (Å²) in [7, 11) is 0. The van der Waals surface area contributed by atoms with E-state index in [9.17, 15) is 4.39 Å². The second kappa shape index (κ2) is 6.32. The Kier molecular flexibility index (Phi) is 4.24. The summed E-state index contributed by atoms with van der Waals surface area (Å²) < 4.78 is 20.7. The lowest BCUT2D eigenvalue weighted by atomic mass is 10.2. The van der Waals surface area contributed by atoms with Gasteiger partial charge in [0.15, 0.2) is 10.6 Å². The first kappa shape index (κ1) is 14.8. The minimum Gasteiger partial charge on any atom is -0.463 e. The Balaban J connectivity index is 2.09. The lowest BCUT2D eigenvalue weighted by Crippen LogP contribution is -2.18. The summed E-state index contributed by atoms with van der Waals surface area (Å²) in [6.45, 7) is 5.18. The molecule has 3 aromatic rings. The Labute approximate surface area is 132 Å². The maximum atomic E-state index is 13.0. The second-order valence-corrected chi connectivity index (χ2v) is 6.31. The molecule has 1 aromatic carbocycles. The maximum Gasteiger partial charge on any atom is 0.190 e. The van der Waals surface area contributed by atoms with Crippen LogP contribution in [0.2, 0.25) is 0 Å². The third-order valence-corrected chi connectivity index (χ3v) is 4.03. The first-order chi connectivity index (χ1) is 10.6. The van der Waals surface area contributed by atoms with Gasteiger partial charge in [-0.15, -0.1) is 11.3 Å². The molecule has 3 rings (SSSR count). The van der Waals surface area contributed by atoms with Crippen molar-refractivity contribution in [2.24, 2.45) is 10.9 Å². The van der Waals surface area contributed by atoms with Gasteiger partial charge in [0, 0.05) is 11.9 Å². The van der Waals surface area contributed by atoms with Gasteiger partial charge in [-0.25, -0.2) is 9.38 Å². The Hall–Kier alpha value is -2.14. The molecule has 0 saturated heterocycles. The zero-order valence-corrected chi connectivity index (χ0v) is 13.3. The minimum atomic E-state index is -0.253. The van der Waals surface area contributed by atoms with Crippen LogP contribution in [0.1, 0.15) is 13.8 Å². The van der Waals surface area contributed by atoms with E-state index in [1.54, 1.807) is 29.7 Å². The summed E-state index contributed by atoms with van der Waals surface area (Å²) >= 11 is 1.56. The standard InChI is InChI=1S/C17H17FN2OS/c1-12(2)10-20-15(16-4-3-9-21-16)11-22-17(20)19-14-7-5-13(18)6-8-14/h3-9,11-12H,10H2,1-2H3. The van der Waals surface area contributed by atoms with Gasteiger partial charge in [-0.2, -0.15) is 0 Å². The molecule has 3 nitrogen and oxygen atoms in total. The number of aromatic nitrogens is 1. The average molecular weight is 316 g/mol. The third-order valence-electron chi connectivity index (χ3n) is 3.17. The van der Waals surface area contributed by atoms with Crippen LogP contribution in [-0.4, -0.2) is 4.57 Å². The van der Waals surface area contributed by atoms with Crippen LogP contribution in [0.4, 0.5) is 10.1 Å². The van der Waals surface area contributed by atoms with Crippen molar-refractivity contribution in [1.82, 2.24) is 4.57 Å². The number of hydrogen-bond donors (Lipinski definition) is 0. The molecular weight excluding hydrogens is 299 g/mol. The van der Waals surface area contributed by atoms with Crippen LogP contribution in [0, 0.1) is 11.7 Å². The van der Waals surface area contributed by atoms with Crippen LogP contribution in [0.25, 0.3) is 11.5 Å². The van der Waals surface area contributed by atoms with E-state index in [2.05, 4.69) is 23.4 Å². The van der Waals surface area contributed by atoms with E-state index >= 15 is 0 Å². The van der Waals surface area contributed by atoms with Crippen molar-refractivity contribution < 1.29 is 8.81 Å². The van der Waals surface area contributed by atoms with Crippen molar-refractivity contribution in [3.63, 3.8) is 0 Å². The van der Waals surface area contributed by atoms with Crippen molar-refractivity contribution in [2.75, 3.05) is 0 Å². The molecule has 0 radical (unpaired) electrons. The van der Waals surface area contributed by atoms with Gasteiger partial charge in [0.2, 0.25) is 0 Å². The van der Waals surface area contributed by atoms with Crippen LogP contribution < -0.4 is 4.80 Å². The highest BCUT2D eigenvalue weighted by Crippen LogP contribution is 2.22. The number of furan rings is 1. The third kappa shape index (κ3) is 3.20. The van der Waals surface area contributed by atoms with Crippen LogP contribution in [0.15, 0.2) is 57.5 Å². The van der Waals surface area contributed by atoms with Crippen LogP contribution in [0.3, 0.4) is 0 Å². The molecule has 5 heteroatoms. The van der Waals surface area contributed by atoms with Gasteiger partial charge in [-0.05, 0) is 42.3 Å². The lowest BCUT2D eigenvalue weighted by Gasteiger charge is -2.09. The maximum absolute atomic E-state index is 13.0. The topological polar surface area (TPSA) is 30.4 Å². The van der Waals surface area contributed by atoms with Gasteiger partial charge in [-0.1, -0.05) is 13.8 Å². The zero-order chi connectivity index (χ0) is 15.5. The number of halogens is 1. The summed E-state index contributed by atoms with van der Waals surface area (Å²) in [4.78, 5) is 5.52. The Bertz CT molecular complexity index is 798. The van der Waals surface area contributed by atoms with Gasteiger partial charge in [0.1, 0.15) is 5.82 Å². The van der Waals surface area contributed by atoms with Gasteiger partial charge >= 0.3 is 0 Å². The van der Waals surface area contributed by atoms with E-state index in [1.165, 1.54) is 12.1 Å². The smallest absolute Gasteiger partial charge is 0.190 e. The van der Waals surface area contributed by atoms with Crippen LogP contribution in [-0.2, 0) is 6.54 Å². The molecule has 0 aliphatic rings. The van der Waals surface area contributed by atoms with Crippen molar-refractivity contribution in [2.45, 2.75) is 20.4 Å². The fourth-order valence-corrected chi connectivity index (χ4v) is 3.13. The molecule has 2 heterocycles. The molecular formula is C17H17FN2OS. The molecule has 2 aromatic heterocycles. The number of hydrogen-bond acceptors (Lipinski definition) is 3. The quantitative estimate of drug-likeness (QED) is 0.677. The molecule has 0 aliphatic heterocycles. The Morgan fingerprint density at radius 1 is 1.23 bits per heavy atom. The highest BCUT2D eigenvalue weighted by atomic mass is 32.1.